The molecule has 1 saturated carbocycles. The second kappa shape index (κ2) is 10.1. The maximum Gasteiger partial charge on any atom is 0.226 e. The number of nitrogens with one attached hydrogen (secondary N) is 1. The zero-order valence-electron chi connectivity index (χ0n) is 19.5. The number of carbonyl (C=O) groups is 3. The van der Waals surface area contributed by atoms with E-state index in [-0.39, 0.29) is 41.5 Å². The number of rotatable bonds is 3. The van der Waals surface area contributed by atoms with Crippen LogP contribution >= 0.6 is 0 Å². The van der Waals surface area contributed by atoms with Crippen molar-refractivity contribution in [3.05, 3.63) is 35.4 Å². The van der Waals surface area contributed by atoms with Gasteiger partial charge in [-0.1, -0.05) is 38.1 Å². The zero-order valence-corrected chi connectivity index (χ0v) is 19.5. The van der Waals surface area contributed by atoms with Crippen molar-refractivity contribution in [3.63, 3.8) is 0 Å². The lowest BCUT2D eigenvalue weighted by molar-refractivity contribution is -0.139. The molecule has 2 aliphatic heterocycles. The van der Waals surface area contributed by atoms with Gasteiger partial charge < -0.3 is 15.1 Å². The maximum atomic E-state index is 13.5. The van der Waals surface area contributed by atoms with Gasteiger partial charge in [-0.25, -0.2) is 0 Å². The van der Waals surface area contributed by atoms with E-state index in [1.165, 1.54) is 11.1 Å². The molecule has 3 aliphatic rings. The summed E-state index contributed by atoms with van der Waals surface area (Å²) < 4.78 is 0. The minimum atomic E-state index is -0.296. The van der Waals surface area contributed by atoms with Crippen LogP contribution < -0.4 is 5.32 Å². The molecule has 0 aromatic heterocycles. The smallest absolute Gasteiger partial charge is 0.226 e. The number of hydrogen-bond donors (Lipinski definition) is 1. The largest absolute Gasteiger partial charge is 0.356 e. The van der Waals surface area contributed by atoms with E-state index in [0.717, 1.165) is 32.2 Å². The average molecular weight is 440 g/mol. The summed E-state index contributed by atoms with van der Waals surface area (Å²) in [5.41, 5.74) is 2.54. The summed E-state index contributed by atoms with van der Waals surface area (Å²) >= 11 is 0. The molecule has 6 heteroatoms. The molecule has 2 fully saturated rings. The van der Waals surface area contributed by atoms with E-state index in [1.807, 2.05) is 15.9 Å². The van der Waals surface area contributed by atoms with Crippen molar-refractivity contribution in [2.45, 2.75) is 71.4 Å². The van der Waals surface area contributed by atoms with Crippen molar-refractivity contribution in [2.75, 3.05) is 19.6 Å². The fourth-order valence-electron chi connectivity index (χ4n) is 5.65. The van der Waals surface area contributed by atoms with Gasteiger partial charge in [0.05, 0.1) is 5.92 Å². The second-order valence-electron chi connectivity index (χ2n) is 10.2. The van der Waals surface area contributed by atoms with E-state index in [1.54, 1.807) is 0 Å². The highest BCUT2D eigenvalue weighted by Gasteiger charge is 2.46. The molecule has 1 aromatic rings. The third-order valence-electron chi connectivity index (χ3n) is 7.34. The van der Waals surface area contributed by atoms with Crippen molar-refractivity contribution in [1.29, 1.82) is 0 Å². The number of hydrogen-bond acceptors (Lipinski definition) is 3. The Morgan fingerprint density at radius 3 is 2.62 bits per heavy atom. The molecule has 3 amide bonds. The highest BCUT2D eigenvalue weighted by Crippen LogP contribution is 2.38. The zero-order chi connectivity index (χ0) is 22.7. The lowest BCUT2D eigenvalue weighted by atomic mass is 9.97. The van der Waals surface area contributed by atoms with Gasteiger partial charge in [-0.3, -0.25) is 14.4 Å². The Morgan fingerprint density at radius 1 is 1.06 bits per heavy atom. The van der Waals surface area contributed by atoms with Crippen LogP contribution in [0.2, 0.25) is 0 Å². The third kappa shape index (κ3) is 5.00. The summed E-state index contributed by atoms with van der Waals surface area (Å²) in [4.78, 5) is 43.6. The molecule has 6 nitrogen and oxygen atoms in total. The molecule has 1 saturated heterocycles. The van der Waals surface area contributed by atoms with Gasteiger partial charge in [0.25, 0.3) is 0 Å². The summed E-state index contributed by atoms with van der Waals surface area (Å²) in [7, 11) is 0. The van der Waals surface area contributed by atoms with Gasteiger partial charge in [0.1, 0.15) is 0 Å². The van der Waals surface area contributed by atoms with E-state index in [2.05, 4.69) is 37.4 Å². The molecule has 0 radical (unpaired) electrons. The molecule has 32 heavy (non-hydrogen) atoms. The molecule has 2 heterocycles. The van der Waals surface area contributed by atoms with Crippen LogP contribution in [-0.2, 0) is 27.3 Å². The Hall–Kier alpha value is -2.37. The summed E-state index contributed by atoms with van der Waals surface area (Å²) in [6.45, 7) is 6.85. The van der Waals surface area contributed by atoms with Crippen molar-refractivity contribution < 1.29 is 14.4 Å². The fourth-order valence-corrected chi connectivity index (χ4v) is 5.65. The van der Waals surface area contributed by atoms with E-state index in [0.29, 0.717) is 38.9 Å². The second-order valence-corrected chi connectivity index (χ2v) is 10.2. The van der Waals surface area contributed by atoms with Crippen molar-refractivity contribution >= 4 is 17.7 Å². The number of amides is 3. The van der Waals surface area contributed by atoms with Gasteiger partial charge in [-0.15, -0.1) is 0 Å². The first-order valence-electron chi connectivity index (χ1n) is 12.4. The highest BCUT2D eigenvalue weighted by molar-refractivity contribution is 5.85. The van der Waals surface area contributed by atoms with Crippen molar-refractivity contribution in [3.8, 4) is 0 Å². The van der Waals surface area contributed by atoms with E-state index in [9.17, 15) is 14.4 Å². The van der Waals surface area contributed by atoms with Crippen LogP contribution in [0, 0.1) is 17.8 Å². The first-order chi connectivity index (χ1) is 15.4. The molecule has 1 N–H and O–H groups in total. The first-order valence-corrected chi connectivity index (χ1v) is 12.4. The first kappa shape index (κ1) is 22.8. The Bertz CT molecular complexity index is 852. The Kier molecular flexibility index (Phi) is 7.17. The maximum absolute atomic E-state index is 13.5. The fraction of sp³-hybridized carbons (Fsp3) is 0.654. The lowest BCUT2D eigenvalue weighted by Gasteiger charge is -2.34. The van der Waals surface area contributed by atoms with Crippen LogP contribution in [0.1, 0.15) is 63.5 Å². The molecular weight excluding hydrogens is 402 g/mol. The molecular formula is C26H37N3O3. The van der Waals surface area contributed by atoms with Gasteiger partial charge in [0.15, 0.2) is 0 Å². The van der Waals surface area contributed by atoms with Crippen molar-refractivity contribution in [1.82, 2.24) is 15.1 Å². The Balaban J connectivity index is 1.52. The van der Waals surface area contributed by atoms with Crippen LogP contribution in [0.25, 0.3) is 0 Å². The van der Waals surface area contributed by atoms with Crippen molar-refractivity contribution in [2.24, 2.45) is 17.8 Å². The predicted octanol–water partition coefficient (Wildman–Crippen LogP) is 3.14. The summed E-state index contributed by atoms with van der Waals surface area (Å²) in [5, 5.41) is 3.07. The average Bonchev–Trinajstić information content (AvgIpc) is 3.22. The number of fused-ring (bicyclic) bond motifs is 2. The van der Waals surface area contributed by atoms with Crippen LogP contribution in [0.15, 0.2) is 24.3 Å². The van der Waals surface area contributed by atoms with Gasteiger partial charge in [-0.2, -0.15) is 0 Å². The minimum absolute atomic E-state index is 0.0125. The lowest BCUT2D eigenvalue weighted by Crippen LogP contribution is -2.48. The number of benzene rings is 1. The van der Waals surface area contributed by atoms with E-state index >= 15 is 0 Å². The normalized spacial score (nSPS) is 26.3. The molecule has 3 unspecified atom stereocenters. The number of carbonyl (C=O) groups excluding carboxylic acids is 3. The summed E-state index contributed by atoms with van der Waals surface area (Å²) in [6.07, 6.45) is 5.39. The molecule has 0 bridgehead atoms. The van der Waals surface area contributed by atoms with Gasteiger partial charge in [0.2, 0.25) is 17.7 Å². The van der Waals surface area contributed by atoms with Crippen LogP contribution in [-0.4, -0.2) is 53.2 Å². The highest BCUT2D eigenvalue weighted by atomic mass is 16.2. The SMILES string of the molecule is CC(C)CC(=O)N1CCCCCNC(=O)C2CC(C(=O)N3CCc4ccccc4C3)CC21. The monoisotopic (exact) mass is 439 g/mol. The van der Waals surface area contributed by atoms with Crippen LogP contribution in [0.4, 0.5) is 0 Å². The Morgan fingerprint density at radius 2 is 1.84 bits per heavy atom. The summed E-state index contributed by atoms with van der Waals surface area (Å²) in [6, 6.07) is 8.15. The third-order valence-corrected chi connectivity index (χ3v) is 7.34. The predicted molar refractivity (Wildman–Crippen MR) is 124 cm³/mol. The van der Waals surface area contributed by atoms with Crippen LogP contribution in [0.5, 0.6) is 0 Å². The quantitative estimate of drug-likeness (QED) is 0.787. The Labute approximate surface area is 191 Å². The van der Waals surface area contributed by atoms with Crippen LogP contribution in [0.3, 0.4) is 0 Å². The molecule has 3 atom stereocenters. The molecule has 1 aliphatic carbocycles. The number of nitrogens with zero attached hydrogens (tertiary/aromatic N) is 2. The minimum Gasteiger partial charge on any atom is -0.356 e. The topological polar surface area (TPSA) is 69.7 Å². The van der Waals surface area contributed by atoms with Gasteiger partial charge >= 0.3 is 0 Å². The van der Waals surface area contributed by atoms with E-state index < -0.39 is 0 Å². The van der Waals surface area contributed by atoms with Gasteiger partial charge in [0, 0.05) is 44.6 Å². The molecule has 1 aromatic carbocycles. The molecule has 4 rings (SSSR count). The van der Waals surface area contributed by atoms with E-state index in [4.69, 9.17) is 0 Å². The molecule has 0 spiro atoms. The van der Waals surface area contributed by atoms with Gasteiger partial charge in [-0.05, 0) is 55.6 Å². The molecule has 174 valence electrons. The standard InChI is InChI=1S/C26H37N3O3/c1-18(2)14-24(30)29-12-7-3-6-11-27-25(31)22-15-21(16-23(22)29)26(32)28-13-10-19-8-4-5-9-20(19)17-28/h4-5,8-9,18,21-23H,3,6-7,10-17H2,1-2H3,(H,27,31). The summed E-state index contributed by atoms with van der Waals surface area (Å²) in [5.74, 6) is 0.0663.